The highest BCUT2D eigenvalue weighted by Gasteiger charge is 2.15. The fourth-order valence-electron chi connectivity index (χ4n) is 2.01. The van der Waals surface area contributed by atoms with Crippen LogP contribution in [0.3, 0.4) is 0 Å². The number of nitrogens with one attached hydrogen (secondary N) is 1. The molecule has 0 saturated carbocycles. The first-order valence-corrected chi connectivity index (χ1v) is 7.50. The summed E-state index contributed by atoms with van der Waals surface area (Å²) in [6.07, 6.45) is 4.31. The molecule has 2 heterocycles. The van der Waals surface area contributed by atoms with Gasteiger partial charge in [-0.1, -0.05) is 0 Å². The average Bonchev–Trinajstić information content (AvgIpc) is 2.95. The highest BCUT2D eigenvalue weighted by Crippen LogP contribution is 2.16. The average molecular weight is 292 g/mol. The van der Waals surface area contributed by atoms with Crippen LogP contribution in [0, 0.1) is 20.8 Å². The second kappa shape index (κ2) is 6.17. The van der Waals surface area contributed by atoms with Gasteiger partial charge in [0.05, 0.1) is 10.7 Å². The van der Waals surface area contributed by atoms with Gasteiger partial charge in [0.15, 0.2) is 0 Å². The summed E-state index contributed by atoms with van der Waals surface area (Å²) < 4.78 is 1.87. The van der Waals surface area contributed by atoms with Gasteiger partial charge in [-0.25, -0.2) is 9.97 Å². The first-order valence-electron chi connectivity index (χ1n) is 6.69. The van der Waals surface area contributed by atoms with Crippen molar-refractivity contribution in [3.8, 4) is 0 Å². The topological polar surface area (TPSA) is 59.8 Å². The molecule has 0 saturated heterocycles. The van der Waals surface area contributed by atoms with Gasteiger partial charge in [-0.2, -0.15) is 0 Å². The van der Waals surface area contributed by atoms with E-state index in [4.69, 9.17) is 0 Å². The normalized spacial score (nSPS) is 12.4. The van der Waals surface area contributed by atoms with Crippen LogP contribution >= 0.6 is 11.3 Å². The standard InChI is InChI=1S/C14H20N4OS/c1-9-11(3)20-13(17-9)5-6-16-14(19)10(2)18-8-7-15-12(18)4/h7-8,10H,5-6H2,1-4H3,(H,16,19)/t10-/m0/s1. The number of imidazole rings is 1. The molecular formula is C14H20N4OS. The molecule has 0 aliphatic carbocycles. The van der Waals surface area contributed by atoms with Crippen molar-refractivity contribution in [2.24, 2.45) is 0 Å². The number of nitrogens with zero attached hydrogens (tertiary/aromatic N) is 3. The summed E-state index contributed by atoms with van der Waals surface area (Å²) in [6, 6.07) is -0.239. The molecule has 0 fully saturated rings. The van der Waals surface area contributed by atoms with E-state index in [-0.39, 0.29) is 11.9 Å². The number of carbonyl (C=O) groups is 1. The van der Waals surface area contributed by atoms with E-state index in [1.54, 1.807) is 17.5 Å². The van der Waals surface area contributed by atoms with Crippen molar-refractivity contribution in [1.82, 2.24) is 19.9 Å². The quantitative estimate of drug-likeness (QED) is 0.919. The Morgan fingerprint density at radius 2 is 2.20 bits per heavy atom. The molecule has 6 heteroatoms. The fraction of sp³-hybridized carbons (Fsp3) is 0.500. The van der Waals surface area contributed by atoms with Crippen molar-refractivity contribution in [3.05, 3.63) is 33.8 Å². The first-order chi connectivity index (χ1) is 9.49. The van der Waals surface area contributed by atoms with Crippen LogP contribution in [-0.2, 0) is 11.2 Å². The smallest absolute Gasteiger partial charge is 0.242 e. The summed E-state index contributed by atoms with van der Waals surface area (Å²) in [6.45, 7) is 8.46. The van der Waals surface area contributed by atoms with Crippen LogP contribution in [0.15, 0.2) is 12.4 Å². The van der Waals surface area contributed by atoms with E-state index in [1.807, 2.05) is 31.5 Å². The van der Waals surface area contributed by atoms with Gasteiger partial charge in [0, 0.05) is 30.2 Å². The van der Waals surface area contributed by atoms with E-state index in [0.29, 0.717) is 6.54 Å². The molecule has 0 spiro atoms. The molecule has 5 nitrogen and oxygen atoms in total. The van der Waals surface area contributed by atoms with Crippen LogP contribution in [-0.4, -0.2) is 27.0 Å². The maximum absolute atomic E-state index is 12.1. The van der Waals surface area contributed by atoms with E-state index < -0.39 is 0 Å². The third kappa shape index (κ3) is 3.25. The van der Waals surface area contributed by atoms with Gasteiger partial charge in [0.25, 0.3) is 0 Å². The molecular weight excluding hydrogens is 272 g/mol. The maximum atomic E-state index is 12.1. The van der Waals surface area contributed by atoms with Crippen molar-refractivity contribution in [3.63, 3.8) is 0 Å². The lowest BCUT2D eigenvalue weighted by molar-refractivity contribution is -0.123. The SMILES string of the molecule is Cc1nc(CCNC(=O)[C@H](C)n2ccnc2C)sc1C. The third-order valence-electron chi connectivity index (χ3n) is 3.37. The summed E-state index contributed by atoms with van der Waals surface area (Å²) in [5, 5.41) is 4.03. The molecule has 0 aromatic carbocycles. The van der Waals surface area contributed by atoms with E-state index in [0.717, 1.165) is 22.9 Å². The van der Waals surface area contributed by atoms with Crippen LogP contribution in [0.5, 0.6) is 0 Å². The summed E-state index contributed by atoms with van der Waals surface area (Å²) in [7, 11) is 0. The minimum absolute atomic E-state index is 0.0103. The van der Waals surface area contributed by atoms with Crippen LogP contribution in [0.25, 0.3) is 0 Å². The molecule has 2 aromatic heterocycles. The number of carbonyl (C=O) groups excluding carboxylic acids is 1. The molecule has 1 atom stereocenters. The second-order valence-corrected chi connectivity index (χ2v) is 6.14. The van der Waals surface area contributed by atoms with E-state index in [1.165, 1.54) is 4.88 Å². The Labute approximate surface area is 123 Å². The molecule has 0 unspecified atom stereocenters. The molecule has 2 rings (SSSR count). The van der Waals surface area contributed by atoms with Gasteiger partial charge >= 0.3 is 0 Å². The Morgan fingerprint density at radius 1 is 1.45 bits per heavy atom. The second-order valence-electron chi connectivity index (χ2n) is 4.85. The maximum Gasteiger partial charge on any atom is 0.242 e. The summed E-state index contributed by atoms with van der Waals surface area (Å²) >= 11 is 1.70. The Kier molecular flexibility index (Phi) is 4.54. The Bertz CT molecular complexity index is 583. The molecule has 1 N–H and O–H groups in total. The number of rotatable bonds is 5. The van der Waals surface area contributed by atoms with Crippen molar-refractivity contribution in [2.75, 3.05) is 6.54 Å². The van der Waals surface area contributed by atoms with Gasteiger partial charge in [0.1, 0.15) is 11.9 Å². The Morgan fingerprint density at radius 3 is 2.75 bits per heavy atom. The van der Waals surface area contributed by atoms with Gasteiger partial charge in [0.2, 0.25) is 5.91 Å². The molecule has 0 aliphatic rings. The van der Waals surface area contributed by atoms with Gasteiger partial charge in [-0.3, -0.25) is 4.79 Å². The highest BCUT2D eigenvalue weighted by atomic mass is 32.1. The molecule has 108 valence electrons. The zero-order valence-electron chi connectivity index (χ0n) is 12.3. The molecule has 1 amide bonds. The minimum Gasteiger partial charge on any atom is -0.354 e. The van der Waals surface area contributed by atoms with E-state index in [2.05, 4.69) is 22.2 Å². The Balaban J connectivity index is 1.85. The fourth-order valence-corrected chi connectivity index (χ4v) is 2.94. The van der Waals surface area contributed by atoms with Gasteiger partial charge < -0.3 is 9.88 Å². The lowest BCUT2D eigenvalue weighted by Gasteiger charge is -2.14. The van der Waals surface area contributed by atoms with E-state index >= 15 is 0 Å². The monoisotopic (exact) mass is 292 g/mol. The number of hydrogen-bond acceptors (Lipinski definition) is 4. The lowest BCUT2D eigenvalue weighted by Crippen LogP contribution is -2.32. The van der Waals surface area contributed by atoms with Gasteiger partial charge in [-0.05, 0) is 27.7 Å². The number of aryl methyl sites for hydroxylation is 3. The first kappa shape index (κ1) is 14.7. The van der Waals surface area contributed by atoms with Crippen molar-refractivity contribution in [2.45, 2.75) is 40.2 Å². The van der Waals surface area contributed by atoms with E-state index in [9.17, 15) is 4.79 Å². The Hall–Kier alpha value is -1.69. The minimum atomic E-state index is -0.239. The third-order valence-corrected chi connectivity index (χ3v) is 4.50. The summed E-state index contributed by atoms with van der Waals surface area (Å²) in [4.78, 5) is 21.9. The zero-order valence-corrected chi connectivity index (χ0v) is 13.1. The molecule has 0 radical (unpaired) electrons. The highest BCUT2D eigenvalue weighted by molar-refractivity contribution is 7.11. The lowest BCUT2D eigenvalue weighted by atomic mass is 10.3. The number of aromatic nitrogens is 3. The molecule has 20 heavy (non-hydrogen) atoms. The number of hydrogen-bond donors (Lipinski definition) is 1. The predicted molar refractivity (Wildman–Crippen MR) is 80.0 cm³/mol. The van der Waals surface area contributed by atoms with Crippen molar-refractivity contribution >= 4 is 17.2 Å². The largest absolute Gasteiger partial charge is 0.354 e. The predicted octanol–water partition coefficient (Wildman–Crippen LogP) is 2.18. The van der Waals surface area contributed by atoms with Crippen molar-refractivity contribution in [1.29, 1.82) is 0 Å². The molecule has 2 aromatic rings. The van der Waals surface area contributed by atoms with Crippen LogP contribution in [0.4, 0.5) is 0 Å². The molecule has 0 aliphatic heterocycles. The van der Waals surface area contributed by atoms with Gasteiger partial charge in [-0.15, -0.1) is 11.3 Å². The van der Waals surface area contributed by atoms with Crippen molar-refractivity contribution < 1.29 is 4.79 Å². The summed E-state index contributed by atoms with van der Waals surface area (Å²) in [5.41, 5.74) is 1.08. The molecule has 0 bridgehead atoms. The number of thiazole rings is 1. The summed E-state index contributed by atoms with van der Waals surface area (Å²) in [5.74, 6) is 0.856. The number of amides is 1. The van der Waals surface area contributed by atoms with Crippen LogP contribution in [0.2, 0.25) is 0 Å². The van der Waals surface area contributed by atoms with Crippen LogP contribution in [0.1, 0.15) is 34.4 Å². The van der Waals surface area contributed by atoms with Crippen LogP contribution < -0.4 is 5.32 Å². The zero-order chi connectivity index (χ0) is 14.7.